The maximum absolute atomic E-state index is 11.4. The van der Waals surface area contributed by atoms with Crippen LogP contribution in [0.15, 0.2) is 12.2 Å². The molecule has 0 aromatic carbocycles. The Morgan fingerprint density at radius 3 is 2.50 bits per heavy atom. The minimum Gasteiger partial charge on any atom is -0.311 e. The number of alkyl halides is 1. The fourth-order valence-electron chi connectivity index (χ4n) is 0.477. The Labute approximate surface area is 73.9 Å². The molecule has 2 nitrogen and oxygen atoms in total. The Morgan fingerprint density at radius 2 is 2.08 bits per heavy atom. The lowest BCUT2D eigenvalue weighted by Gasteiger charge is -1.92. The summed E-state index contributed by atoms with van der Waals surface area (Å²) in [5, 5.41) is 2.78. The van der Waals surface area contributed by atoms with E-state index in [1.54, 1.807) is 6.08 Å². The zero-order chi connectivity index (χ0) is 9.82. The predicted molar refractivity (Wildman–Crippen MR) is 50.0 cm³/mol. The third-order valence-corrected chi connectivity index (χ3v) is 0.886. The Hall–Kier alpha value is -0.700. The molecule has 0 rings (SSSR count). The highest BCUT2D eigenvalue weighted by atomic mass is 19.1. The van der Waals surface area contributed by atoms with Gasteiger partial charge in [-0.3, -0.25) is 4.79 Å². The van der Waals surface area contributed by atoms with Crippen molar-refractivity contribution in [3.63, 3.8) is 0 Å². The lowest BCUT2D eigenvalue weighted by molar-refractivity contribution is -0.112. The summed E-state index contributed by atoms with van der Waals surface area (Å²) in [5.41, 5.74) is 0. The summed E-state index contributed by atoms with van der Waals surface area (Å²) in [7, 11) is 0. The molecular formula is C9H18FNO. The number of rotatable bonds is 5. The van der Waals surface area contributed by atoms with Gasteiger partial charge in [0.15, 0.2) is 5.78 Å². The lowest BCUT2D eigenvalue weighted by atomic mass is 10.4. The molecule has 0 radical (unpaired) electrons. The normalized spacial score (nSPS) is 9.33. The average Bonchev–Trinajstić information content (AvgIpc) is 2.07. The van der Waals surface area contributed by atoms with Crippen LogP contribution >= 0.6 is 0 Å². The van der Waals surface area contributed by atoms with E-state index in [1.165, 1.54) is 13.0 Å². The molecule has 0 unspecified atom stereocenters. The number of nitrogens with one attached hydrogen (secondary N) is 1. The first-order chi connectivity index (χ1) is 5.77. The van der Waals surface area contributed by atoms with Gasteiger partial charge in [-0.2, -0.15) is 0 Å². The van der Waals surface area contributed by atoms with E-state index in [2.05, 4.69) is 5.32 Å². The first-order valence-corrected chi connectivity index (χ1v) is 4.21. The SMILES string of the molecule is CC.CC(=O)/C=C/CNCCF. The molecule has 0 atom stereocenters. The van der Waals surface area contributed by atoms with Crippen LogP contribution in [0.4, 0.5) is 4.39 Å². The van der Waals surface area contributed by atoms with Crippen LogP contribution in [-0.2, 0) is 4.79 Å². The van der Waals surface area contributed by atoms with Crippen LogP contribution in [0.1, 0.15) is 20.8 Å². The van der Waals surface area contributed by atoms with Gasteiger partial charge in [-0.15, -0.1) is 0 Å². The van der Waals surface area contributed by atoms with E-state index in [0.717, 1.165) is 0 Å². The Balaban J connectivity index is 0. The molecule has 0 aliphatic carbocycles. The summed E-state index contributed by atoms with van der Waals surface area (Å²) in [6.45, 7) is 6.02. The minimum absolute atomic E-state index is 0.0158. The van der Waals surface area contributed by atoms with E-state index < -0.39 is 0 Å². The predicted octanol–water partition coefficient (Wildman–Crippen LogP) is 1.72. The number of hydrogen-bond acceptors (Lipinski definition) is 2. The molecule has 12 heavy (non-hydrogen) atoms. The van der Waals surface area contributed by atoms with E-state index in [1.807, 2.05) is 13.8 Å². The quantitative estimate of drug-likeness (QED) is 0.509. The number of halogens is 1. The van der Waals surface area contributed by atoms with Gasteiger partial charge in [0, 0.05) is 13.1 Å². The van der Waals surface area contributed by atoms with Crippen LogP contribution in [0.2, 0.25) is 0 Å². The summed E-state index contributed by atoms with van der Waals surface area (Å²) in [6, 6.07) is 0. The molecule has 0 heterocycles. The third kappa shape index (κ3) is 16.1. The largest absolute Gasteiger partial charge is 0.311 e. The monoisotopic (exact) mass is 175 g/mol. The van der Waals surface area contributed by atoms with Crippen molar-refractivity contribution in [2.45, 2.75) is 20.8 Å². The van der Waals surface area contributed by atoms with Gasteiger partial charge in [-0.25, -0.2) is 4.39 Å². The molecule has 0 aromatic rings. The maximum Gasteiger partial charge on any atom is 0.152 e. The van der Waals surface area contributed by atoms with Gasteiger partial charge in [0.25, 0.3) is 0 Å². The number of ketones is 1. The average molecular weight is 175 g/mol. The first-order valence-electron chi connectivity index (χ1n) is 4.21. The first kappa shape index (κ1) is 13.9. The molecule has 3 heteroatoms. The van der Waals surface area contributed by atoms with Crippen LogP contribution in [-0.4, -0.2) is 25.5 Å². The number of carbonyl (C=O) groups is 1. The van der Waals surface area contributed by atoms with Gasteiger partial charge in [0.05, 0.1) is 0 Å². The zero-order valence-electron chi connectivity index (χ0n) is 8.06. The summed E-state index contributed by atoms with van der Waals surface area (Å²) < 4.78 is 11.4. The summed E-state index contributed by atoms with van der Waals surface area (Å²) in [5.74, 6) is 0.0158. The summed E-state index contributed by atoms with van der Waals surface area (Å²) >= 11 is 0. The molecule has 0 spiro atoms. The van der Waals surface area contributed by atoms with E-state index in [0.29, 0.717) is 13.1 Å². The third-order valence-electron chi connectivity index (χ3n) is 0.886. The summed E-state index contributed by atoms with van der Waals surface area (Å²) in [6.07, 6.45) is 3.14. The van der Waals surface area contributed by atoms with Gasteiger partial charge in [0.1, 0.15) is 6.67 Å². The van der Waals surface area contributed by atoms with E-state index in [4.69, 9.17) is 0 Å². The second kappa shape index (κ2) is 12.9. The molecule has 0 aliphatic rings. The van der Waals surface area contributed by atoms with Gasteiger partial charge in [-0.1, -0.05) is 19.9 Å². The molecule has 0 saturated carbocycles. The molecule has 0 saturated heterocycles. The van der Waals surface area contributed by atoms with Crippen molar-refractivity contribution in [1.82, 2.24) is 5.32 Å². The zero-order valence-corrected chi connectivity index (χ0v) is 8.06. The highest BCUT2D eigenvalue weighted by Crippen LogP contribution is 1.73. The van der Waals surface area contributed by atoms with Crippen molar-refractivity contribution in [1.29, 1.82) is 0 Å². The van der Waals surface area contributed by atoms with Gasteiger partial charge in [-0.05, 0) is 13.0 Å². The smallest absolute Gasteiger partial charge is 0.152 e. The van der Waals surface area contributed by atoms with Crippen molar-refractivity contribution >= 4 is 5.78 Å². The topological polar surface area (TPSA) is 29.1 Å². The van der Waals surface area contributed by atoms with E-state index >= 15 is 0 Å². The van der Waals surface area contributed by atoms with Crippen molar-refractivity contribution in [2.75, 3.05) is 19.8 Å². The number of allylic oxidation sites excluding steroid dienone is 1. The van der Waals surface area contributed by atoms with Crippen molar-refractivity contribution in [3.05, 3.63) is 12.2 Å². The molecule has 0 bridgehead atoms. The molecule has 1 N–H and O–H groups in total. The fraction of sp³-hybridized carbons (Fsp3) is 0.667. The van der Waals surface area contributed by atoms with Gasteiger partial charge < -0.3 is 5.32 Å². The lowest BCUT2D eigenvalue weighted by Crippen LogP contribution is -2.16. The van der Waals surface area contributed by atoms with Gasteiger partial charge in [0.2, 0.25) is 0 Å². The highest BCUT2D eigenvalue weighted by Gasteiger charge is 1.82. The number of hydrogen-bond donors (Lipinski definition) is 1. The van der Waals surface area contributed by atoms with Crippen molar-refractivity contribution in [2.24, 2.45) is 0 Å². The van der Waals surface area contributed by atoms with Crippen LogP contribution in [0.3, 0.4) is 0 Å². The van der Waals surface area contributed by atoms with Crippen molar-refractivity contribution < 1.29 is 9.18 Å². The standard InChI is InChI=1S/C7H12FNO.C2H6/c1-7(10)3-2-5-9-6-4-8;1-2/h2-3,9H,4-6H2,1H3;1-2H3/b3-2+;. The van der Waals surface area contributed by atoms with Crippen LogP contribution in [0.25, 0.3) is 0 Å². The van der Waals surface area contributed by atoms with Crippen LogP contribution in [0.5, 0.6) is 0 Å². The van der Waals surface area contributed by atoms with E-state index in [9.17, 15) is 9.18 Å². The maximum atomic E-state index is 11.4. The Bertz CT molecular complexity index is 124. The second-order valence-corrected chi connectivity index (χ2v) is 1.91. The number of carbonyl (C=O) groups excluding carboxylic acids is 1. The van der Waals surface area contributed by atoms with Crippen LogP contribution in [0, 0.1) is 0 Å². The highest BCUT2D eigenvalue weighted by molar-refractivity contribution is 5.87. The molecule has 0 amide bonds. The minimum atomic E-state index is -0.367. The Morgan fingerprint density at radius 1 is 1.50 bits per heavy atom. The Kier molecular flexibility index (Phi) is 14.9. The summed E-state index contributed by atoms with van der Waals surface area (Å²) in [4.78, 5) is 10.3. The molecule has 0 fully saturated rings. The molecule has 0 aliphatic heterocycles. The van der Waals surface area contributed by atoms with Crippen molar-refractivity contribution in [3.8, 4) is 0 Å². The second-order valence-electron chi connectivity index (χ2n) is 1.91. The van der Waals surface area contributed by atoms with Gasteiger partial charge >= 0.3 is 0 Å². The fourth-order valence-corrected chi connectivity index (χ4v) is 0.477. The molecular weight excluding hydrogens is 157 g/mol. The molecule has 72 valence electrons. The van der Waals surface area contributed by atoms with Crippen LogP contribution < -0.4 is 5.32 Å². The van der Waals surface area contributed by atoms with E-state index in [-0.39, 0.29) is 12.5 Å². The molecule has 0 aromatic heterocycles.